The van der Waals surface area contributed by atoms with Crippen molar-refractivity contribution < 1.29 is 37.6 Å². The van der Waals surface area contributed by atoms with E-state index in [1.807, 2.05) is 21.1 Å². The van der Waals surface area contributed by atoms with E-state index in [-0.39, 0.29) is 23.9 Å². The summed E-state index contributed by atoms with van der Waals surface area (Å²) in [5, 5.41) is 10.6. The van der Waals surface area contributed by atoms with E-state index in [4.69, 9.17) is 13.8 Å². The molecule has 0 spiro atoms. The number of rotatable bonds is 31. The van der Waals surface area contributed by atoms with E-state index in [1.165, 1.54) is 108 Å². The molecule has 0 radical (unpaired) electrons. The number of carbonyl (C=O) groups excluding carboxylic acids is 1. The number of unbranched alkanes of at least 4 members (excludes halogenated alkanes) is 12. The fraction of sp³-hybridized carbons (Fsp3) is 0.907. The second-order valence-corrected chi connectivity index (χ2v) is 24.5. The highest BCUT2D eigenvalue weighted by Gasteiger charge is 2.59. The number of hydrogen-bond donors (Lipinski definition) is 2. The number of hydrogen-bond acceptors (Lipinski definition) is 6. The third-order valence-corrected chi connectivity index (χ3v) is 17.8. The third-order valence-electron chi connectivity index (χ3n) is 16.8. The summed E-state index contributed by atoms with van der Waals surface area (Å²) in [6.07, 6.45) is 35.2. The number of aliphatic hydroxyl groups excluding tert-OH is 1. The van der Waals surface area contributed by atoms with Crippen LogP contribution >= 0.6 is 7.82 Å². The van der Waals surface area contributed by atoms with E-state index in [2.05, 4.69) is 59.8 Å². The van der Waals surface area contributed by atoms with Gasteiger partial charge in [-0.3, -0.25) is 13.8 Å². The molecule has 0 heterocycles. The van der Waals surface area contributed by atoms with Gasteiger partial charge in [0.25, 0.3) is 0 Å². The molecule has 0 bridgehead atoms. The van der Waals surface area contributed by atoms with Crippen molar-refractivity contribution in [3.05, 3.63) is 23.8 Å². The first-order valence-electron chi connectivity index (χ1n) is 26.6. The maximum Gasteiger partial charge on any atom is 0.472 e. The Bertz CT molecular complexity index is 1440. The molecule has 9 heteroatoms. The Morgan fingerprint density at radius 1 is 0.825 bits per heavy atom. The molecule has 0 aromatic heterocycles. The summed E-state index contributed by atoms with van der Waals surface area (Å²) in [5.74, 6) is 3.98. The highest BCUT2D eigenvalue weighted by Crippen LogP contribution is 2.67. The van der Waals surface area contributed by atoms with E-state index in [9.17, 15) is 19.4 Å². The Balaban J connectivity index is 1.29. The summed E-state index contributed by atoms with van der Waals surface area (Å²) >= 11 is 0. The van der Waals surface area contributed by atoms with E-state index < -0.39 is 26.6 Å². The molecule has 4 aliphatic carbocycles. The zero-order chi connectivity index (χ0) is 46.1. The molecule has 7 unspecified atom stereocenters. The van der Waals surface area contributed by atoms with Crippen LogP contribution < -0.4 is 0 Å². The Morgan fingerprint density at radius 3 is 2.11 bits per heavy atom. The van der Waals surface area contributed by atoms with Gasteiger partial charge in [0, 0.05) is 0 Å². The van der Waals surface area contributed by atoms with E-state index in [0.29, 0.717) is 35.2 Å². The van der Waals surface area contributed by atoms with Crippen LogP contribution in [0.15, 0.2) is 23.8 Å². The summed E-state index contributed by atoms with van der Waals surface area (Å²) in [6.45, 7) is 14.8. The average molecular weight is 905 g/mol. The molecule has 0 aromatic carbocycles. The zero-order valence-corrected chi connectivity index (χ0v) is 43.2. The molecule has 0 aliphatic heterocycles. The first-order chi connectivity index (χ1) is 29.9. The largest absolute Gasteiger partial charge is 0.472 e. The number of fused-ring (bicyclic) bond motifs is 5. The standard InChI is InChI=1S/C54H98NO7P/c1-10-11-12-13-14-15-16-17-18-19-20-21-22-23-24-25-29-50(62-63(58,59)60-39-38-55(7,8)9)51(41-56)61-52(57)44-34-36-53(5)45(40-44)30-31-46-48-33-32-47(43(4)28-26-27-42(2)3)54(48,6)37-35-49(46)53/h17-18,30,42-44,46-51,56H,10-16,19-29,31-41H2,1-9H3/p+1/b18-17-/t43-,44?,46?,47-,48?,49?,50?,51?,53+,54-/m1/s1. The van der Waals surface area contributed by atoms with Gasteiger partial charge in [0.2, 0.25) is 0 Å². The maximum atomic E-state index is 14.0. The van der Waals surface area contributed by atoms with Gasteiger partial charge in [-0.2, -0.15) is 0 Å². The van der Waals surface area contributed by atoms with Crippen LogP contribution in [-0.2, 0) is 23.1 Å². The highest BCUT2D eigenvalue weighted by atomic mass is 31.2. The van der Waals surface area contributed by atoms with Gasteiger partial charge in [0.15, 0.2) is 6.10 Å². The van der Waals surface area contributed by atoms with E-state index >= 15 is 0 Å². The fourth-order valence-electron chi connectivity index (χ4n) is 12.9. The smallest absolute Gasteiger partial charge is 0.457 e. The lowest BCUT2D eigenvalue weighted by Crippen LogP contribution is -2.51. The number of phosphoric ester groups is 1. The van der Waals surface area contributed by atoms with Gasteiger partial charge < -0.3 is 19.2 Å². The molecule has 11 atom stereocenters. The molecule has 2 N–H and O–H groups in total. The minimum Gasteiger partial charge on any atom is -0.457 e. The van der Waals surface area contributed by atoms with Crippen molar-refractivity contribution in [2.45, 2.75) is 221 Å². The van der Waals surface area contributed by atoms with Crippen LogP contribution in [0, 0.1) is 52.3 Å². The predicted octanol–water partition coefficient (Wildman–Crippen LogP) is 14.2. The normalized spacial score (nSPS) is 29.7. The summed E-state index contributed by atoms with van der Waals surface area (Å²) < 4.78 is 31.2. The molecular weight excluding hydrogens is 806 g/mol. The number of quaternary nitrogens is 1. The van der Waals surface area contributed by atoms with Crippen LogP contribution in [0.1, 0.15) is 208 Å². The molecule has 8 nitrogen and oxygen atoms in total. The number of nitrogens with zero attached hydrogens (tertiary/aromatic N) is 1. The predicted molar refractivity (Wildman–Crippen MR) is 261 cm³/mol. The lowest BCUT2D eigenvalue weighted by Gasteiger charge is -2.58. The topological polar surface area (TPSA) is 102 Å². The Labute approximate surface area is 387 Å². The average Bonchev–Trinajstić information content (AvgIpc) is 3.58. The number of allylic oxidation sites excluding steroid dienone is 4. The minimum absolute atomic E-state index is 0.0533. The number of likely N-dealkylation sites (N-methyl/N-ethyl adjacent to an activating group) is 1. The quantitative estimate of drug-likeness (QED) is 0.0235. The van der Waals surface area contributed by atoms with Crippen molar-refractivity contribution in [2.75, 3.05) is 40.9 Å². The third kappa shape index (κ3) is 16.9. The van der Waals surface area contributed by atoms with Crippen molar-refractivity contribution in [3.63, 3.8) is 0 Å². The van der Waals surface area contributed by atoms with Crippen molar-refractivity contribution in [2.24, 2.45) is 52.3 Å². The molecule has 4 rings (SSSR count). The highest BCUT2D eigenvalue weighted by molar-refractivity contribution is 7.47. The molecule has 0 aromatic rings. The second kappa shape index (κ2) is 26.5. The first kappa shape index (κ1) is 54.6. The second-order valence-electron chi connectivity index (χ2n) is 23.1. The SMILES string of the molecule is CCCCCCCC/C=C\CCCCCCCCC(OP(=O)(O)OCC[N+](C)(C)C)C(CO)OC(=O)C1CC[C@@]2(C)C(=CCC3C2CC[C@@]2(C)C3CC[C@@H]2[C@H](C)CCCC(C)C)C1. The van der Waals surface area contributed by atoms with Crippen molar-refractivity contribution in [1.29, 1.82) is 0 Å². The summed E-state index contributed by atoms with van der Waals surface area (Å²) in [5.41, 5.74) is 1.99. The Hall–Kier alpha value is -1.02. The summed E-state index contributed by atoms with van der Waals surface area (Å²) in [7, 11) is 1.51. The summed E-state index contributed by atoms with van der Waals surface area (Å²) in [6, 6.07) is 0. The van der Waals surface area contributed by atoms with Gasteiger partial charge in [-0.25, -0.2) is 4.57 Å². The number of ether oxygens (including phenoxy) is 1. The molecular formula is C54H99NO7P+. The Morgan fingerprint density at radius 2 is 1.48 bits per heavy atom. The molecule has 3 fully saturated rings. The lowest BCUT2D eigenvalue weighted by molar-refractivity contribution is -0.870. The van der Waals surface area contributed by atoms with Gasteiger partial charge in [-0.15, -0.1) is 0 Å². The monoisotopic (exact) mass is 905 g/mol. The first-order valence-corrected chi connectivity index (χ1v) is 28.1. The van der Waals surface area contributed by atoms with E-state index in [1.54, 1.807) is 0 Å². The van der Waals surface area contributed by atoms with Crippen LogP contribution in [0.5, 0.6) is 0 Å². The molecule has 0 saturated heterocycles. The number of aliphatic hydroxyl groups is 1. The van der Waals surface area contributed by atoms with Gasteiger partial charge in [0.05, 0.1) is 33.7 Å². The lowest BCUT2D eigenvalue weighted by atomic mass is 9.46. The van der Waals surface area contributed by atoms with Gasteiger partial charge >= 0.3 is 13.8 Å². The molecule has 366 valence electrons. The van der Waals surface area contributed by atoms with Crippen molar-refractivity contribution >= 4 is 13.8 Å². The zero-order valence-electron chi connectivity index (χ0n) is 42.3. The van der Waals surface area contributed by atoms with Crippen LogP contribution in [0.25, 0.3) is 0 Å². The molecule has 3 saturated carbocycles. The molecule has 0 amide bonds. The number of carbonyl (C=O) groups is 1. The maximum absolute atomic E-state index is 14.0. The number of phosphoric acid groups is 1. The van der Waals surface area contributed by atoms with Gasteiger partial charge in [-0.1, -0.05) is 149 Å². The van der Waals surface area contributed by atoms with E-state index in [0.717, 1.165) is 81.0 Å². The van der Waals surface area contributed by atoms with Crippen molar-refractivity contribution in [1.82, 2.24) is 0 Å². The van der Waals surface area contributed by atoms with Crippen LogP contribution in [0.4, 0.5) is 0 Å². The van der Waals surface area contributed by atoms with Crippen LogP contribution in [0.2, 0.25) is 0 Å². The van der Waals surface area contributed by atoms with Crippen molar-refractivity contribution in [3.8, 4) is 0 Å². The van der Waals surface area contributed by atoms with Gasteiger partial charge in [-0.05, 0) is 130 Å². The van der Waals surface area contributed by atoms with Crippen LogP contribution in [0.3, 0.4) is 0 Å². The van der Waals surface area contributed by atoms with Gasteiger partial charge in [0.1, 0.15) is 19.3 Å². The minimum atomic E-state index is -4.47. The fourth-order valence-corrected chi connectivity index (χ4v) is 13.9. The summed E-state index contributed by atoms with van der Waals surface area (Å²) in [4.78, 5) is 24.9. The number of esters is 1. The van der Waals surface area contributed by atoms with Crippen LogP contribution in [-0.4, -0.2) is 73.6 Å². The Kier molecular flexibility index (Phi) is 23.0. The molecule has 4 aliphatic rings. The molecule has 63 heavy (non-hydrogen) atoms.